The van der Waals surface area contributed by atoms with Gasteiger partial charge in [0, 0.05) is 45.3 Å². The quantitative estimate of drug-likeness (QED) is 0.469. The summed E-state index contributed by atoms with van der Waals surface area (Å²) in [4.78, 5) is 11.8. The van der Waals surface area contributed by atoms with Crippen molar-refractivity contribution in [2.75, 3.05) is 55.4 Å². The van der Waals surface area contributed by atoms with Gasteiger partial charge in [-0.3, -0.25) is 0 Å². The van der Waals surface area contributed by atoms with Crippen LogP contribution in [0.3, 0.4) is 0 Å². The van der Waals surface area contributed by atoms with Gasteiger partial charge in [0.25, 0.3) is 0 Å². The molecule has 3 heterocycles. The predicted molar refractivity (Wildman–Crippen MR) is 148 cm³/mol. The van der Waals surface area contributed by atoms with E-state index in [4.69, 9.17) is 4.74 Å². The average molecular weight is 582 g/mol. The number of hydrogen-bond donors (Lipinski definition) is 0. The minimum Gasteiger partial charge on any atom is -0.374 e. The zero-order valence-electron chi connectivity index (χ0n) is 22.9. The lowest BCUT2D eigenvalue weighted by molar-refractivity contribution is -0.144. The number of rotatable bonds is 7. The van der Waals surface area contributed by atoms with Gasteiger partial charge in [-0.25, -0.2) is 18.4 Å². The highest BCUT2D eigenvalue weighted by Gasteiger charge is 2.40. The number of nitrogens with zero attached hydrogens (tertiary/aromatic N) is 5. The highest BCUT2D eigenvalue weighted by atomic mass is 32.2. The molecule has 1 aliphatic carbocycles. The molecule has 0 N–H and O–H groups in total. The summed E-state index contributed by atoms with van der Waals surface area (Å²) in [6, 6.07) is 11.1. The number of piperidine rings is 1. The van der Waals surface area contributed by atoms with E-state index in [0.29, 0.717) is 18.9 Å². The molecule has 2 aromatic rings. The Balaban J connectivity index is 1.48. The van der Waals surface area contributed by atoms with Gasteiger partial charge >= 0.3 is 6.18 Å². The fourth-order valence-electron chi connectivity index (χ4n) is 6.38. The Labute approximate surface area is 234 Å². The van der Waals surface area contributed by atoms with E-state index >= 15 is 0 Å². The molecule has 2 saturated heterocycles. The molecule has 0 amide bonds. The van der Waals surface area contributed by atoms with Gasteiger partial charge in [-0.2, -0.15) is 17.5 Å². The molecule has 0 bridgehead atoms. The summed E-state index contributed by atoms with van der Waals surface area (Å²) in [5.74, 6) is -0.712. The van der Waals surface area contributed by atoms with Gasteiger partial charge < -0.3 is 14.5 Å². The first-order chi connectivity index (χ1) is 19.0. The van der Waals surface area contributed by atoms with Crippen LogP contribution in [0.2, 0.25) is 0 Å². The standard InChI is InChI=1S/C28H38F3N5O3S/c1-40(37,38)36-15-16-39-23(20-36)19-35(18-22-9-4-2-5-10-22)25-17-24(32-26(33-25)28(29,30)31)34-14-8-13-27(21-34)11-6-3-7-12-27/h2,4-5,9-10,17,23H,3,6-8,11-16,18-21H2,1H3. The van der Waals surface area contributed by atoms with Crippen molar-refractivity contribution >= 4 is 21.7 Å². The van der Waals surface area contributed by atoms with Gasteiger partial charge in [0.1, 0.15) is 11.6 Å². The fraction of sp³-hybridized carbons (Fsp3) is 0.643. The highest BCUT2D eigenvalue weighted by Crippen LogP contribution is 2.44. The normalized spacial score (nSPS) is 22.4. The third-order valence-corrected chi connectivity index (χ3v) is 9.66. The first-order valence-electron chi connectivity index (χ1n) is 14.1. The number of morpholine rings is 1. The third-order valence-electron chi connectivity index (χ3n) is 8.39. The van der Waals surface area contributed by atoms with Crippen LogP contribution in [-0.2, 0) is 27.5 Å². The van der Waals surface area contributed by atoms with E-state index < -0.39 is 28.1 Å². The van der Waals surface area contributed by atoms with E-state index in [2.05, 4.69) is 9.97 Å². The van der Waals surface area contributed by atoms with Crippen LogP contribution in [0.25, 0.3) is 0 Å². The second kappa shape index (κ2) is 11.8. The smallest absolute Gasteiger partial charge is 0.374 e. The Morgan fingerprint density at radius 2 is 1.77 bits per heavy atom. The molecule has 2 aliphatic heterocycles. The molecule has 1 aromatic heterocycles. The minimum absolute atomic E-state index is 0.128. The molecule has 8 nitrogen and oxygen atoms in total. The monoisotopic (exact) mass is 581 g/mol. The zero-order chi connectivity index (χ0) is 28.4. The third kappa shape index (κ3) is 7.06. The topological polar surface area (TPSA) is 78.9 Å². The van der Waals surface area contributed by atoms with Crippen LogP contribution in [0, 0.1) is 5.41 Å². The maximum atomic E-state index is 14.1. The molecule has 1 spiro atoms. The number of anilines is 2. The van der Waals surface area contributed by atoms with Crippen molar-refractivity contribution in [3.05, 3.63) is 47.8 Å². The first kappa shape index (κ1) is 29.1. The molecule has 3 fully saturated rings. The number of alkyl halides is 3. The van der Waals surface area contributed by atoms with Crippen LogP contribution in [-0.4, -0.2) is 74.4 Å². The number of hydrogen-bond acceptors (Lipinski definition) is 7. The first-order valence-corrected chi connectivity index (χ1v) is 15.9. The van der Waals surface area contributed by atoms with Crippen LogP contribution < -0.4 is 9.80 Å². The predicted octanol–water partition coefficient (Wildman–Crippen LogP) is 4.71. The largest absolute Gasteiger partial charge is 0.451 e. The lowest BCUT2D eigenvalue weighted by atomic mass is 9.69. The number of aromatic nitrogens is 2. The van der Waals surface area contributed by atoms with Gasteiger partial charge in [0.15, 0.2) is 0 Å². The van der Waals surface area contributed by atoms with E-state index in [-0.39, 0.29) is 44.0 Å². The van der Waals surface area contributed by atoms with E-state index in [1.165, 1.54) is 10.7 Å². The van der Waals surface area contributed by atoms with E-state index in [1.54, 1.807) is 11.0 Å². The van der Waals surface area contributed by atoms with Crippen molar-refractivity contribution in [3.8, 4) is 0 Å². The second-order valence-electron chi connectivity index (χ2n) is 11.5. The molecular weight excluding hydrogens is 543 g/mol. The molecular formula is C28H38F3N5O3S. The summed E-state index contributed by atoms with van der Waals surface area (Å²) in [7, 11) is -3.43. The summed E-state index contributed by atoms with van der Waals surface area (Å²) in [6.07, 6.45) is 3.67. The molecule has 12 heteroatoms. The number of halogens is 3. The van der Waals surface area contributed by atoms with E-state index in [9.17, 15) is 21.6 Å². The van der Waals surface area contributed by atoms with Crippen LogP contribution >= 0.6 is 0 Å². The lowest BCUT2D eigenvalue weighted by Crippen LogP contribution is -2.49. The van der Waals surface area contributed by atoms with Crippen LogP contribution in [0.5, 0.6) is 0 Å². The Morgan fingerprint density at radius 1 is 1.05 bits per heavy atom. The van der Waals surface area contributed by atoms with Crippen molar-refractivity contribution in [2.24, 2.45) is 5.41 Å². The molecule has 5 rings (SSSR count). The second-order valence-corrected chi connectivity index (χ2v) is 13.5. The van der Waals surface area contributed by atoms with Gasteiger partial charge in [-0.15, -0.1) is 0 Å². The average Bonchev–Trinajstić information content (AvgIpc) is 2.93. The number of sulfonamides is 1. The number of benzene rings is 1. The van der Waals surface area contributed by atoms with Crippen LogP contribution in [0.1, 0.15) is 56.3 Å². The van der Waals surface area contributed by atoms with Crippen molar-refractivity contribution in [2.45, 2.75) is 63.8 Å². The maximum absolute atomic E-state index is 14.1. The van der Waals surface area contributed by atoms with Crippen LogP contribution in [0.4, 0.5) is 24.8 Å². The Morgan fingerprint density at radius 3 is 2.48 bits per heavy atom. The molecule has 1 unspecified atom stereocenters. The Bertz CT molecular complexity index is 1250. The molecule has 220 valence electrons. The zero-order valence-corrected chi connectivity index (χ0v) is 23.8. The van der Waals surface area contributed by atoms with E-state index in [1.807, 2.05) is 35.2 Å². The van der Waals surface area contributed by atoms with Gasteiger partial charge in [-0.05, 0) is 36.7 Å². The summed E-state index contributed by atoms with van der Waals surface area (Å²) >= 11 is 0. The fourth-order valence-corrected chi connectivity index (χ4v) is 7.22. The Hall–Kier alpha value is -2.44. The summed E-state index contributed by atoms with van der Waals surface area (Å²) in [5, 5.41) is 0. The number of ether oxygens (including phenoxy) is 1. The molecule has 0 radical (unpaired) electrons. The van der Waals surface area contributed by atoms with Crippen molar-refractivity contribution in [3.63, 3.8) is 0 Å². The highest BCUT2D eigenvalue weighted by molar-refractivity contribution is 7.88. The Kier molecular flexibility index (Phi) is 8.58. The molecule has 3 aliphatic rings. The SMILES string of the molecule is CS(=O)(=O)N1CCOC(CN(Cc2ccccc2)c2cc(N3CCCC4(CCCCC4)C3)nc(C(F)(F)F)n2)C1. The molecule has 1 aromatic carbocycles. The van der Waals surface area contributed by atoms with Gasteiger partial charge in [0.05, 0.1) is 19.0 Å². The summed E-state index contributed by atoms with van der Waals surface area (Å²) < 4.78 is 74.0. The molecule has 1 atom stereocenters. The molecule has 1 saturated carbocycles. The molecule has 40 heavy (non-hydrogen) atoms. The van der Waals surface area contributed by atoms with Gasteiger partial charge in [0.2, 0.25) is 15.8 Å². The van der Waals surface area contributed by atoms with Crippen molar-refractivity contribution < 1.29 is 26.3 Å². The van der Waals surface area contributed by atoms with Gasteiger partial charge in [-0.1, -0.05) is 49.6 Å². The summed E-state index contributed by atoms with van der Waals surface area (Å²) in [5.41, 5.74) is 1.03. The van der Waals surface area contributed by atoms with E-state index in [0.717, 1.165) is 50.3 Å². The summed E-state index contributed by atoms with van der Waals surface area (Å²) in [6.45, 7) is 2.42. The lowest BCUT2D eigenvalue weighted by Gasteiger charge is -2.46. The minimum atomic E-state index is -4.71. The van der Waals surface area contributed by atoms with Crippen molar-refractivity contribution in [1.82, 2.24) is 14.3 Å². The maximum Gasteiger partial charge on any atom is 0.451 e. The van der Waals surface area contributed by atoms with Crippen molar-refractivity contribution in [1.29, 1.82) is 0 Å². The van der Waals surface area contributed by atoms with Crippen LogP contribution in [0.15, 0.2) is 36.4 Å².